The van der Waals surface area contributed by atoms with Crippen LogP contribution in [0, 0.1) is 6.57 Å². The Hall–Kier alpha value is -8.14. The predicted octanol–water partition coefficient (Wildman–Crippen LogP) is 13.3. The van der Waals surface area contributed by atoms with E-state index in [0.29, 0.717) is 23.3 Å². The lowest BCUT2D eigenvalue weighted by atomic mass is 10.00. The maximum Gasteiger partial charge on any atom is 0.238 e. The molecule has 0 radical (unpaired) electrons. The van der Waals surface area contributed by atoms with Crippen molar-refractivity contribution in [2.75, 3.05) is 0 Å². The smallest absolute Gasteiger partial charge is 0.238 e. The molecular formula is C52H32N6. The van der Waals surface area contributed by atoms with Crippen molar-refractivity contribution in [2.45, 2.75) is 0 Å². The van der Waals surface area contributed by atoms with Crippen molar-refractivity contribution in [1.82, 2.24) is 24.1 Å². The highest BCUT2D eigenvalue weighted by Crippen LogP contribution is 2.41. The van der Waals surface area contributed by atoms with Crippen LogP contribution in [0.15, 0.2) is 194 Å². The summed E-state index contributed by atoms with van der Waals surface area (Å²) in [5.41, 5.74) is 11.7. The van der Waals surface area contributed by atoms with E-state index in [4.69, 9.17) is 21.5 Å². The van der Waals surface area contributed by atoms with Crippen molar-refractivity contribution in [3.8, 4) is 56.7 Å². The third-order valence-electron chi connectivity index (χ3n) is 11.0. The highest BCUT2D eigenvalue weighted by atomic mass is 15.2. The third kappa shape index (κ3) is 5.37. The summed E-state index contributed by atoms with van der Waals surface area (Å²) in [6, 6.07) is 66.8. The van der Waals surface area contributed by atoms with Gasteiger partial charge in [-0.25, -0.2) is 9.83 Å². The summed E-state index contributed by atoms with van der Waals surface area (Å²) in [5.74, 6) is 1.66. The average molecular weight is 741 g/mol. The molecule has 0 unspecified atom stereocenters. The SMILES string of the molecule is [C-]#[N+]c1cccc(-c2ccc(-c3nc(-c4ccccc4)nc(-n4c5ccccc5c5cccc(-c6ccccc6)c54)n3)cc2-n2c3ccccc3c3ccccc32)c1. The first-order chi connectivity index (χ1) is 28.7. The fraction of sp³-hybridized carbons (Fsp3) is 0. The van der Waals surface area contributed by atoms with Gasteiger partial charge in [0.2, 0.25) is 5.95 Å². The zero-order valence-corrected chi connectivity index (χ0v) is 31.2. The molecule has 0 saturated carbocycles. The lowest BCUT2D eigenvalue weighted by Gasteiger charge is -2.17. The second-order valence-electron chi connectivity index (χ2n) is 14.3. The summed E-state index contributed by atoms with van der Waals surface area (Å²) in [5, 5.41) is 4.58. The van der Waals surface area contributed by atoms with E-state index in [1.165, 1.54) is 10.8 Å². The number of hydrogen-bond donors (Lipinski definition) is 0. The van der Waals surface area contributed by atoms with Crippen LogP contribution in [-0.4, -0.2) is 24.1 Å². The molecular weight excluding hydrogens is 709 g/mol. The first kappa shape index (κ1) is 33.2. The number of aromatic nitrogens is 5. The quantitative estimate of drug-likeness (QED) is 0.160. The molecule has 0 spiro atoms. The number of rotatable bonds is 6. The van der Waals surface area contributed by atoms with Crippen LogP contribution in [-0.2, 0) is 0 Å². The molecule has 8 aromatic carbocycles. The molecule has 0 amide bonds. The molecule has 3 aromatic heterocycles. The molecule has 3 heterocycles. The maximum absolute atomic E-state index is 7.79. The zero-order valence-electron chi connectivity index (χ0n) is 31.2. The Bertz CT molecular complexity index is 3360. The molecule has 58 heavy (non-hydrogen) atoms. The van der Waals surface area contributed by atoms with Crippen LogP contribution in [0.4, 0.5) is 5.69 Å². The third-order valence-corrected chi connectivity index (χ3v) is 11.0. The summed E-state index contributed by atoms with van der Waals surface area (Å²) in [6.07, 6.45) is 0. The van der Waals surface area contributed by atoms with Crippen LogP contribution in [0.5, 0.6) is 0 Å². The van der Waals surface area contributed by atoms with Gasteiger partial charge in [0.25, 0.3) is 0 Å². The van der Waals surface area contributed by atoms with Crippen molar-refractivity contribution < 1.29 is 0 Å². The standard InChI is InChI=1S/C52H32N6/c1-53-38-21-14-20-36(32-38)39-31-30-37(33-48(39)57-45-27-11-8-22-41(45)42-23-9-12-28-46(42)57)51-54-50(35-18-6-3-7-19-35)55-52(56-51)58-47-29-13-10-24-43(47)44-26-15-25-40(49(44)58)34-16-4-2-5-17-34/h2-33H. The molecule has 0 aliphatic carbocycles. The van der Waals surface area contributed by atoms with E-state index in [9.17, 15) is 0 Å². The first-order valence-corrected chi connectivity index (χ1v) is 19.2. The minimum absolute atomic E-state index is 0.533. The van der Waals surface area contributed by atoms with Gasteiger partial charge in [0.1, 0.15) is 0 Å². The van der Waals surface area contributed by atoms with E-state index < -0.39 is 0 Å². The molecule has 0 fully saturated rings. The summed E-state index contributed by atoms with van der Waals surface area (Å²) in [4.78, 5) is 19.6. The van der Waals surface area contributed by atoms with Crippen molar-refractivity contribution in [3.05, 3.63) is 206 Å². The minimum atomic E-state index is 0.533. The monoisotopic (exact) mass is 740 g/mol. The van der Waals surface area contributed by atoms with Gasteiger partial charge < -0.3 is 4.57 Å². The number of fused-ring (bicyclic) bond motifs is 6. The van der Waals surface area contributed by atoms with Crippen molar-refractivity contribution >= 4 is 49.3 Å². The lowest BCUT2D eigenvalue weighted by molar-refractivity contribution is 0.953. The van der Waals surface area contributed by atoms with E-state index in [2.05, 4.69) is 154 Å². The van der Waals surface area contributed by atoms with Crippen LogP contribution < -0.4 is 0 Å². The Morgan fingerprint density at radius 2 is 0.914 bits per heavy atom. The predicted molar refractivity (Wildman–Crippen MR) is 237 cm³/mol. The van der Waals surface area contributed by atoms with Crippen molar-refractivity contribution in [3.63, 3.8) is 0 Å². The van der Waals surface area contributed by atoms with Crippen LogP contribution in [0.1, 0.15) is 0 Å². The van der Waals surface area contributed by atoms with Crippen molar-refractivity contribution in [1.29, 1.82) is 0 Å². The Morgan fingerprint density at radius 3 is 1.59 bits per heavy atom. The molecule has 0 atom stereocenters. The number of benzene rings is 8. The molecule has 11 aromatic rings. The van der Waals surface area contributed by atoms with Gasteiger partial charge in [0.05, 0.1) is 34.3 Å². The molecule has 0 saturated heterocycles. The fourth-order valence-electron chi connectivity index (χ4n) is 8.41. The summed E-state index contributed by atoms with van der Waals surface area (Å²) in [7, 11) is 0. The first-order valence-electron chi connectivity index (χ1n) is 19.2. The Morgan fingerprint density at radius 1 is 0.379 bits per heavy atom. The number of hydrogen-bond acceptors (Lipinski definition) is 3. The van der Waals surface area contributed by atoms with Crippen LogP contribution in [0.3, 0.4) is 0 Å². The van der Waals surface area contributed by atoms with Gasteiger partial charge in [0.15, 0.2) is 17.3 Å². The highest BCUT2D eigenvalue weighted by molar-refractivity contribution is 6.14. The highest BCUT2D eigenvalue weighted by Gasteiger charge is 2.22. The van der Waals surface area contributed by atoms with E-state index >= 15 is 0 Å². The maximum atomic E-state index is 7.79. The van der Waals surface area contributed by atoms with Gasteiger partial charge in [-0.1, -0.05) is 164 Å². The largest absolute Gasteiger partial charge is 0.309 e. The molecule has 270 valence electrons. The van der Waals surface area contributed by atoms with E-state index in [-0.39, 0.29) is 0 Å². The zero-order chi connectivity index (χ0) is 38.6. The van der Waals surface area contributed by atoms with Gasteiger partial charge in [-0.3, -0.25) is 4.57 Å². The summed E-state index contributed by atoms with van der Waals surface area (Å²) < 4.78 is 4.52. The van der Waals surface area contributed by atoms with Gasteiger partial charge in [-0.15, -0.1) is 0 Å². The van der Waals surface area contributed by atoms with Gasteiger partial charge in [-0.2, -0.15) is 9.97 Å². The van der Waals surface area contributed by atoms with Gasteiger partial charge in [0, 0.05) is 43.8 Å². The Labute approximate surface area is 334 Å². The molecule has 0 aliphatic heterocycles. The molecule has 6 heteroatoms. The van der Waals surface area contributed by atoms with Crippen LogP contribution >= 0.6 is 0 Å². The van der Waals surface area contributed by atoms with Gasteiger partial charge >= 0.3 is 0 Å². The summed E-state index contributed by atoms with van der Waals surface area (Å²) >= 11 is 0. The van der Waals surface area contributed by atoms with Crippen molar-refractivity contribution in [2.24, 2.45) is 0 Å². The van der Waals surface area contributed by atoms with E-state index in [0.717, 1.165) is 71.9 Å². The molecule has 0 bridgehead atoms. The molecule has 6 nitrogen and oxygen atoms in total. The fourth-order valence-corrected chi connectivity index (χ4v) is 8.41. The van der Waals surface area contributed by atoms with Gasteiger partial charge in [-0.05, 0) is 41.5 Å². The average Bonchev–Trinajstić information content (AvgIpc) is 3.82. The normalized spacial score (nSPS) is 11.4. The minimum Gasteiger partial charge on any atom is -0.309 e. The second kappa shape index (κ2) is 13.6. The topological polar surface area (TPSA) is 52.9 Å². The number of para-hydroxylation sites is 4. The molecule has 0 aliphatic rings. The molecule has 11 rings (SSSR count). The van der Waals surface area contributed by atoms with E-state index in [1.807, 2.05) is 54.6 Å². The Kier molecular flexibility index (Phi) is 7.76. The Balaban J connectivity index is 1.22. The second-order valence-corrected chi connectivity index (χ2v) is 14.3. The van der Waals surface area contributed by atoms with E-state index in [1.54, 1.807) is 0 Å². The lowest BCUT2D eigenvalue weighted by Crippen LogP contribution is -2.07. The summed E-state index contributed by atoms with van der Waals surface area (Å²) in [6.45, 7) is 7.79. The van der Waals surface area contributed by atoms with Crippen LogP contribution in [0.2, 0.25) is 0 Å². The molecule has 0 N–H and O–H groups in total. The number of nitrogens with zero attached hydrogens (tertiary/aromatic N) is 6. The van der Waals surface area contributed by atoms with Crippen LogP contribution in [0.25, 0.3) is 105 Å².